The summed E-state index contributed by atoms with van der Waals surface area (Å²) in [5.41, 5.74) is 2.46. The summed E-state index contributed by atoms with van der Waals surface area (Å²) in [7, 11) is 0. The van der Waals surface area contributed by atoms with Gasteiger partial charge in [0, 0.05) is 11.8 Å². The lowest BCUT2D eigenvalue weighted by molar-refractivity contribution is 1.12. The van der Waals surface area contributed by atoms with Crippen LogP contribution in [0.5, 0.6) is 0 Å². The lowest BCUT2D eigenvalue weighted by Crippen LogP contribution is -1.79. The van der Waals surface area contributed by atoms with Crippen LogP contribution in [0.15, 0.2) is 18.5 Å². The first-order valence-electron chi connectivity index (χ1n) is 4.05. The maximum Gasteiger partial charge on any atom is 0.108 e. The van der Waals surface area contributed by atoms with Gasteiger partial charge >= 0.3 is 0 Å². The highest BCUT2D eigenvalue weighted by Crippen LogP contribution is 2.07. The van der Waals surface area contributed by atoms with Crippen LogP contribution in [0.25, 0.3) is 11.0 Å². The van der Waals surface area contributed by atoms with Gasteiger partial charge in [0.15, 0.2) is 0 Å². The minimum atomic E-state index is 0.237. The molecule has 0 unspecified atom stereocenters. The largest absolute Gasteiger partial charge is 0.276 e. The van der Waals surface area contributed by atoms with Crippen molar-refractivity contribution >= 4 is 11.0 Å². The van der Waals surface area contributed by atoms with Gasteiger partial charge in [0.1, 0.15) is 5.52 Å². The number of hydrogen-bond donors (Lipinski definition) is 1. The average molecular weight is 182 g/mol. The summed E-state index contributed by atoms with van der Waals surface area (Å²) in [6, 6.07) is 3.82. The van der Waals surface area contributed by atoms with Crippen molar-refractivity contribution in [3.63, 3.8) is 0 Å². The molecule has 2 aromatic rings. The minimum Gasteiger partial charge on any atom is -0.276 e. The SMILES string of the molecule is N#CCC#Cc1cnc2cn[nH]c2c1. The monoisotopic (exact) mass is 182 g/mol. The Hall–Kier alpha value is -2.33. The number of rotatable bonds is 0. The fourth-order valence-electron chi connectivity index (χ4n) is 1.08. The molecule has 0 spiro atoms. The number of hydrogen-bond acceptors (Lipinski definition) is 3. The third kappa shape index (κ3) is 1.55. The van der Waals surface area contributed by atoms with Gasteiger partial charge in [-0.25, -0.2) is 0 Å². The molecule has 0 saturated carbocycles. The van der Waals surface area contributed by atoms with Gasteiger partial charge in [-0.1, -0.05) is 11.8 Å². The summed E-state index contributed by atoms with van der Waals surface area (Å²) in [6.45, 7) is 0. The zero-order valence-electron chi connectivity index (χ0n) is 7.28. The van der Waals surface area contributed by atoms with E-state index in [0.717, 1.165) is 16.6 Å². The number of pyridine rings is 1. The highest BCUT2D eigenvalue weighted by molar-refractivity contribution is 5.74. The first-order chi connectivity index (χ1) is 6.90. The van der Waals surface area contributed by atoms with Crippen LogP contribution in [0.2, 0.25) is 0 Å². The standard InChI is InChI=1S/C10H6N4/c11-4-2-1-3-8-5-9-10(12-6-8)7-13-14-9/h5-7H,2H2,(H,13,14). The Morgan fingerprint density at radius 3 is 3.21 bits per heavy atom. The molecule has 0 radical (unpaired) electrons. The van der Waals surface area contributed by atoms with Crippen LogP contribution >= 0.6 is 0 Å². The molecule has 0 amide bonds. The average Bonchev–Trinajstić information content (AvgIpc) is 2.65. The molecule has 0 aliphatic carbocycles. The summed E-state index contributed by atoms with van der Waals surface area (Å²) < 4.78 is 0. The molecular formula is C10H6N4. The van der Waals surface area contributed by atoms with Gasteiger partial charge < -0.3 is 0 Å². The number of nitrogens with zero attached hydrogens (tertiary/aromatic N) is 3. The third-order valence-electron chi connectivity index (χ3n) is 1.69. The third-order valence-corrected chi connectivity index (χ3v) is 1.69. The van der Waals surface area contributed by atoms with E-state index in [9.17, 15) is 0 Å². The molecule has 2 rings (SSSR count). The van der Waals surface area contributed by atoms with Crippen molar-refractivity contribution in [2.24, 2.45) is 0 Å². The topological polar surface area (TPSA) is 65.4 Å². The molecule has 0 aromatic carbocycles. The first kappa shape index (κ1) is 8.28. The summed E-state index contributed by atoms with van der Waals surface area (Å²) in [5.74, 6) is 5.57. The van der Waals surface area contributed by atoms with E-state index in [1.165, 1.54) is 0 Å². The lowest BCUT2D eigenvalue weighted by Gasteiger charge is -1.89. The predicted octanol–water partition coefficient (Wildman–Crippen LogP) is 1.22. The van der Waals surface area contributed by atoms with Crippen LogP contribution in [0.1, 0.15) is 12.0 Å². The van der Waals surface area contributed by atoms with Crippen LogP contribution in [-0.2, 0) is 0 Å². The minimum absolute atomic E-state index is 0.237. The second-order valence-electron chi connectivity index (χ2n) is 2.66. The van der Waals surface area contributed by atoms with Crippen molar-refractivity contribution in [1.82, 2.24) is 15.2 Å². The van der Waals surface area contributed by atoms with Crippen LogP contribution in [-0.4, -0.2) is 15.2 Å². The van der Waals surface area contributed by atoms with E-state index >= 15 is 0 Å². The number of nitriles is 1. The Morgan fingerprint density at radius 2 is 2.36 bits per heavy atom. The van der Waals surface area contributed by atoms with Gasteiger partial charge in [-0.2, -0.15) is 10.4 Å². The molecule has 0 bridgehead atoms. The zero-order valence-corrected chi connectivity index (χ0v) is 7.28. The Bertz CT molecular complexity index is 550. The van der Waals surface area contributed by atoms with Gasteiger partial charge in [0.2, 0.25) is 0 Å². The molecule has 2 aromatic heterocycles. The van der Waals surface area contributed by atoms with E-state index in [0.29, 0.717) is 0 Å². The fraction of sp³-hybridized carbons (Fsp3) is 0.100. The van der Waals surface area contributed by atoms with Crippen molar-refractivity contribution in [2.45, 2.75) is 6.42 Å². The lowest BCUT2D eigenvalue weighted by atomic mass is 10.2. The molecule has 2 heterocycles. The van der Waals surface area contributed by atoms with E-state index in [1.54, 1.807) is 12.4 Å². The summed E-state index contributed by atoms with van der Waals surface area (Å²) in [4.78, 5) is 4.14. The van der Waals surface area contributed by atoms with Gasteiger partial charge in [-0.3, -0.25) is 10.1 Å². The molecule has 0 saturated heterocycles. The van der Waals surface area contributed by atoms with E-state index in [1.807, 2.05) is 12.1 Å². The molecule has 0 fully saturated rings. The highest BCUT2D eigenvalue weighted by atomic mass is 15.1. The van der Waals surface area contributed by atoms with E-state index in [4.69, 9.17) is 5.26 Å². The maximum absolute atomic E-state index is 8.30. The number of aromatic amines is 1. The van der Waals surface area contributed by atoms with Crippen LogP contribution in [0.4, 0.5) is 0 Å². The molecule has 66 valence electrons. The summed E-state index contributed by atoms with van der Waals surface area (Å²) in [6.07, 6.45) is 3.56. The van der Waals surface area contributed by atoms with Gasteiger partial charge in [-0.15, -0.1) is 0 Å². The number of aromatic nitrogens is 3. The molecule has 14 heavy (non-hydrogen) atoms. The van der Waals surface area contributed by atoms with E-state index in [2.05, 4.69) is 27.0 Å². The molecule has 4 nitrogen and oxygen atoms in total. The Kier molecular flexibility index (Phi) is 2.12. The summed E-state index contributed by atoms with van der Waals surface area (Å²) in [5, 5.41) is 15.0. The fourth-order valence-corrected chi connectivity index (χ4v) is 1.08. The summed E-state index contributed by atoms with van der Waals surface area (Å²) >= 11 is 0. The van der Waals surface area contributed by atoms with Crippen LogP contribution in [0, 0.1) is 23.2 Å². The number of fused-ring (bicyclic) bond motifs is 1. The maximum atomic E-state index is 8.30. The van der Waals surface area contributed by atoms with E-state index < -0.39 is 0 Å². The van der Waals surface area contributed by atoms with Crippen LogP contribution in [0.3, 0.4) is 0 Å². The molecule has 0 atom stereocenters. The highest BCUT2D eigenvalue weighted by Gasteiger charge is 1.96. The Balaban J connectivity index is 2.37. The van der Waals surface area contributed by atoms with Crippen molar-refractivity contribution in [3.05, 3.63) is 24.0 Å². The molecule has 4 heteroatoms. The molecular weight excluding hydrogens is 176 g/mol. The zero-order chi connectivity index (χ0) is 9.80. The van der Waals surface area contributed by atoms with Gasteiger partial charge in [0.25, 0.3) is 0 Å². The molecule has 0 aliphatic rings. The van der Waals surface area contributed by atoms with E-state index in [-0.39, 0.29) is 6.42 Å². The van der Waals surface area contributed by atoms with Crippen molar-refractivity contribution in [3.8, 4) is 17.9 Å². The second-order valence-corrected chi connectivity index (χ2v) is 2.66. The Morgan fingerprint density at radius 1 is 1.43 bits per heavy atom. The number of nitrogens with one attached hydrogen (secondary N) is 1. The normalized spacial score (nSPS) is 9.07. The molecule has 0 aliphatic heterocycles. The smallest absolute Gasteiger partial charge is 0.108 e. The van der Waals surface area contributed by atoms with Gasteiger partial charge in [0.05, 0.1) is 24.2 Å². The predicted molar refractivity (Wildman–Crippen MR) is 51.0 cm³/mol. The van der Waals surface area contributed by atoms with Gasteiger partial charge in [-0.05, 0) is 6.07 Å². The second kappa shape index (κ2) is 3.59. The van der Waals surface area contributed by atoms with Crippen molar-refractivity contribution in [1.29, 1.82) is 5.26 Å². The first-order valence-corrected chi connectivity index (χ1v) is 4.05. The van der Waals surface area contributed by atoms with Crippen LogP contribution < -0.4 is 0 Å². The number of H-pyrrole nitrogens is 1. The Labute approximate surface area is 80.6 Å². The van der Waals surface area contributed by atoms with Crippen molar-refractivity contribution in [2.75, 3.05) is 0 Å². The quantitative estimate of drug-likeness (QED) is 0.623. The van der Waals surface area contributed by atoms with Crippen molar-refractivity contribution < 1.29 is 0 Å². The molecule has 1 N–H and O–H groups in total.